The Kier molecular flexibility index (Phi) is 11.0. The summed E-state index contributed by atoms with van der Waals surface area (Å²) in [5.41, 5.74) is 1.66. The predicted molar refractivity (Wildman–Crippen MR) is 200 cm³/mol. The Morgan fingerprint density at radius 1 is 0.882 bits per heavy atom. The quantitative estimate of drug-likeness (QED) is 0.112. The highest BCUT2D eigenvalue weighted by molar-refractivity contribution is 5.84. The molecule has 5 aliphatic carbocycles. The molecule has 0 bridgehead atoms. The van der Waals surface area contributed by atoms with Gasteiger partial charge in [0.2, 0.25) is 11.8 Å². The van der Waals surface area contributed by atoms with E-state index in [0.717, 1.165) is 70.6 Å². The van der Waals surface area contributed by atoms with Crippen molar-refractivity contribution >= 4 is 23.8 Å². The Bertz CT molecular complexity index is 1400. The zero-order valence-electron chi connectivity index (χ0n) is 33.6. The largest absolute Gasteiger partial charge is 0.480 e. The number of hydrogen-bond acceptors (Lipinski definition) is 5. The minimum Gasteiger partial charge on any atom is -0.480 e. The summed E-state index contributed by atoms with van der Waals surface area (Å²) in [6.07, 6.45) is 15.6. The second-order valence-electron chi connectivity index (χ2n) is 20.0. The number of hydrogen-bond donors (Lipinski definition) is 3. The average molecular weight is 711 g/mol. The molecule has 0 spiro atoms. The van der Waals surface area contributed by atoms with Crippen LogP contribution in [0.15, 0.2) is 11.6 Å². The Morgan fingerprint density at radius 2 is 1.57 bits per heavy atom. The second kappa shape index (κ2) is 14.1. The van der Waals surface area contributed by atoms with E-state index in [1.807, 2.05) is 0 Å². The molecular weight excluding hydrogens is 640 g/mol. The highest BCUT2D eigenvalue weighted by atomic mass is 16.5. The summed E-state index contributed by atoms with van der Waals surface area (Å²) >= 11 is 0. The fraction of sp³-hybridized carbons (Fsp3) is 0.860. The molecule has 0 heterocycles. The molecule has 9 atom stereocenters. The van der Waals surface area contributed by atoms with Crippen molar-refractivity contribution in [2.75, 3.05) is 6.54 Å². The van der Waals surface area contributed by atoms with Gasteiger partial charge in [0.05, 0.1) is 5.41 Å². The first-order chi connectivity index (χ1) is 23.6. The molecule has 3 unspecified atom stereocenters. The van der Waals surface area contributed by atoms with Crippen LogP contribution in [-0.2, 0) is 23.9 Å². The minimum atomic E-state index is -1.00. The van der Waals surface area contributed by atoms with Crippen LogP contribution in [0.4, 0.5) is 0 Å². The maximum Gasteiger partial charge on any atom is 0.326 e. The molecule has 8 heteroatoms. The third kappa shape index (κ3) is 6.93. The number of ether oxygens (including phenoxy) is 1. The Labute approximate surface area is 308 Å². The minimum absolute atomic E-state index is 0.0261. The summed E-state index contributed by atoms with van der Waals surface area (Å²) in [5, 5.41) is 15.4. The molecule has 0 aromatic rings. The third-order valence-electron chi connectivity index (χ3n) is 16.0. The number of carbonyl (C=O) groups is 4. The molecule has 0 aliphatic heterocycles. The fourth-order valence-electron chi connectivity index (χ4n) is 12.8. The summed E-state index contributed by atoms with van der Waals surface area (Å²) in [6, 6.07) is -0.867. The molecule has 4 fully saturated rings. The number of aliphatic carboxylic acids is 1. The molecule has 51 heavy (non-hydrogen) atoms. The van der Waals surface area contributed by atoms with Gasteiger partial charge < -0.3 is 20.5 Å². The van der Waals surface area contributed by atoms with Crippen LogP contribution in [0.5, 0.6) is 0 Å². The first-order valence-corrected chi connectivity index (χ1v) is 20.3. The van der Waals surface area contributed by atoms with E-state index in [2.05, 4.69) is 65.2 Å². The van der Waals surface area contributed by atoms with E-state index in [9.17, 15) is 24.3 Å². The van der Waals surface area contributed by atoms with Gasteiger partial charge in [0, 0.05) is 25.3 Å². The number of amides is 2. The van der Waals surface area contributed by atoms with Gasteiger partial charge in [-0.15, -0.1) is 0 Å². The van der Waals surface area contributed by atoms with Crippen LogP contribution < -0.4 is 10.6 Å². The molecular formula is C43H70N2O6. The van der Waals surface area contributed by atoms with Crippen LogP contribution in [0, 0.1) is 56.2 Å². The highest BCUT2D eigenvalue weighted by Gasteiger charge is 2.69. The number of nitrogens with one attached hydrogen (secondary N) is 2. The molecule has 288 valence electrons. The van der Waals surface area contributed by atoms with Crippen molar-refractivity contribution in [1.29, 1.82) is 0 Å². The van der Waals surface area contributed by atoms with Crippen molar-refractivity contribution in [2.45, 2.75) is 171 Å². The Balaban J connectivity index is 1.29. The molecule has 0 saturated heterocycles. The lowest BCUT2D eigenvalue weighted by Gasteiger charge is -2.71. The van der Waals surface area contributed by atoms with E-state index in [0.29, 0.717) is 31.2 Å². The van der Waals surface area contributed by atoms with Gasteiger partial charge in [0.1, 0.15) is 12.1 Å². The van der Waals surface area contributed by atoms with Crippen molar-refractivity contribution in [2.24, 2.45) is 56.2 Å². The summed E-state index contributed by atoms with van der Waals surface area (Å²) in [6.45, 7) is 22.9. The molecule has 0 radical (unpaired) electrons. The standard InChI is InChI=1S/C43H70N2O6/c1-27(2)35(36(48)49)45-34(47)14-12-11-13-25-44-37(50)43-23-21-38(4,5)26-30(43)29-15-16-32-40(8)19-18-33(51-28(3)46)39(6,7)31(40)17-20-42(32,10)41(29,9)22-24-43/h15,27,30-33,35H,11-14,16-26H2,1-10H3,(H,44,50)(H,45,47)(H,48,49)/t30?,31?,32?,33-,35-,40-,41+,42+,43-/m0/s1. The Hall–Kier alpha value is -2.38. The first kappa shape index (κ1) is 39.8. The van der Waals surface area contributed by atoms with Gasteiger partial charge in [-0.2, -0.15) is 0 Å². The smallest absolute Gasteiger partial charge is 0.326 e. The van der Waals surface area contributed by atoms with Crippen molar-refractivity contribution in [3.05, 3.63) is 11.6 Å². The molecule has 5 aliphatic rings. The topological polar surface area (TPSA) is 122 Å². The molecule has 5 rings (SSSR count). The van der Waals surface area contributed by atoms with Crippen LogP contribution >= 0.6 is 0 Å². The van der Waals surface area contributed by atoms with E-state index >= 15 is 0 Å². The number of rotatable bonds is 11. The van der Waals surface area contributed by atoms with Gasteiger partial charge in [-0.1, -0.05) is 80.4 Å². The maximum absolute atomic E-state index is 14.4. The van der Waals surface area contributed by atoms with Gasteiger partial charge in [-0.25, -0.2) is 4.79 Å². The molecule has 8 nitrogen and oxygen atoms in total. The van der Waals surface area contributed by atoms with Gasteiger partial charge in [0.25, 0.3) is 0 Å². The van der Waals surface area contributed by atoms with Crippen LogP contribution in [0.1, 0.15) is 159 Å². The third-order valence-corrected chi connectivity index (χ3v) is 16.0. The van der Waals surface area contributed by atoms with Gasteiger partial charge >= 0.3 is 11.9 Å². The van der Waals surface area contributed by atoms with Crippen molar-refractivity contribution in [1.82, 2.24) is 10.6 Å². The summed E-state index contributed by atoms with van der Waals surface area (Å²) in [5.74, 6) is -0.0601. The van der Waals surface area contributed by atoms with E-state index < -0.39 is 12.0 Å². The van der Waals surface area contributed by atoms with Crippen LogP contribution in [0.3, 0.4) is 0 Å². The van der Waals surface area contributed by atoms with Crippen LogP contribution in [0.25, 0.3) is 0 Å². The van der Waals surface area contributed by atoms with E-state index in [4.69, 9.17) is 4.74 Å². The van der Waals surface area contributed by atoms with Crippen molar-refractivity contribution in [3.8, 4) is 0 Å². The molecule has 0 aromatic heterocycles. The SMILES string of the molecule is CC(=O)O[C@H]1CC[C@@]2(C)C(CC[C@]3(C)C2CC=C2C4CC(C)(C)CC[C@]4(C(=O)NCCCCCC(=O)N[C@H](C(=O)O)C(C)C)CC[C@]23C)C1(C)C. The number of esters is 1. The second-order valence-corrected chi connectivity index (χ2v) is 20.0. The number of unbranched alkanes of at least 4 members (excludes halogenated alkanes) is 2. The van der Waals surface area contributed by atoms with E-state index in [-0.39, 0.29) is 68.2 Å². The van der Waals surface area contributed by atoms with Crippen molar-refractivity contribution < 1.29 is 29.0 Å². The number of allylic oxidation sites excluding steroid dienone is 2. The number of carboxylic acid groups (broad SMARTS) is 1. The monoisotopic (exact) mass is 711 g/mol. The Morgan fingerprint density at radius 3 is 2.22 bits per heavy atom. The normalized spacial score (nSPS) is 38.5. The summed E-state index contributed by atoms with van der Waals surface area (Å²) in [7, 11) is 0. The lowest BCUT2D eigenvalue weighted by Crippen LogP contribution is -2.65. The number of fused-ring (bicyclic) bond motifs is 7. The maximum atomic E-state index is 14.4. The van der Waals surface area contributed by atoms with Gasteiger partial charge in [-0.05, 0) is 122 Å². The molecule has 2 amide bonds. The highest BCUT2D eigenvalue weighted by Crippen LogP contribution is 2.75. The van der Waals surface area contributed by atoms with Gasteiger partial charge in [0.15, 0.2) is 0 Å². The predicted octanol–water partition coefficient (Wildman–Crippen LogP) is 8.62. The van der Waals surface area contributed by atoms with Crippen LogP contribution in [0.2, 0.25) is 0 Å². The molecule has 4 saturated carbocycles. The van der Waals surface area contributed by atoms with E-state index in [1.165, 1.54) is 6.42 Å². The first-order valence-electron chi connectivity index (χ1n) is 20.3. The zero-order chi connectivity index (χ0) is 37.8. The average Bonchev–Trinajstić information content (AvgIpc) is 3.02. The van der Waals surface area contributed by atoms with Crippen LogP contribution in [-0.4, -0.2) is 47.6 Å². The zero-order valence-corrected chi connectivity index (χ0v) is 33.6. The summed E-state index contributed by atoms with van der Waals surface area (Å²) in [4.78, 5) is 50.3. The lowest BCUT2D eigenvalue weighted by molar-refractivity contribution is -0.212. The summed E-state index contributed by atoms with van der Waals surface area (Å²) < 4.78 is 5.94. The fourth-order valence-corrected chi connectivity index (χ4v) is 12.8. The van der Waals surface area contributed by atoms with Crippen molar-refractivity contribution in [3.63, 3.8) is 0 Å². The lowest BCUT2D eigenvalue weighted by atomic mass is 9.33. The van der Waals surface area contributed by atoms with E-state index in [1.54, 1.807) is 26.3 Å². The number of carbonyl (C=O) groups excluding carboxylic acids is 3. The van der Waals surface area contributed by atoms with Gasteiger partial charge in [-0.3, -0.25) is 14.4 Å². The number of carboxylic acids is 1. The molecule has 3 N–H and O–H groups in total. The molecule has 0 aromatic carbocycles.